The third kappa shape index (κ3) is 4.82. The summed E-state index contributed by atoms with van der Waals surface area (Å²) in [6.45, 7) is 4.08. The molecule has 0 aromatic carbocycles. The van der Waals surface area contributed by atoms with Gasteiger partial charge in [-0.3, -0.25) is 4.79 Å². The maximum Gasteiger partial charge on any atom is 0.234 e. The molecule has 9 heavy (non-hydrogen) atoms. The number of carbonyl (C=O) groups excluding carboxylic acids is 1. The minimum atomic E-state index is -0.221. The van der Waals surface area contributed by atoms with Gasteiger partial charge in [-0.25, -0.2) is 0 Å². The third-order valence-electron chi connectivity index (χ3n) is 0.739. The lowest BCUT2D eigenvalue weighted by molar-refractivity contribution is -0.120. The van der Waals surface area contributed by atoms with Crippen LogP contribution < -0.4 is 5.32 Å². The normalized spacial score (nSPS) is 8.00. The molecule has 1 radical (unpaired) electrons. The van der Waals surface area contributed by atoms with E-state index in [1.807, 2.05) is 0 Å². The summed E-state index contributed by atoms with van der Waals surface area (Å²) >= 11 is 0. The summed E-state index contributed by atoms with van der Waals surface area (Å²) in [7, 11) is 0. The van der Waals surface area contributed by atoms with Crippen LogP contribution in [0.4, 0.5) is 0 Å². The maximum atomic E-state index is 10.4. The standard InChI is InChI=1S/C6H9N2O/c1-2-5-8-6(9)3-4-7/h1-3,5H2,(H,8,9). The molecule has 0 fully saturated rings. The van der Waals surface area contributed by atoms with E-state index in [-0.39, 0.29) is 12.3 Å². The highest BCUT2D eigenvalue weighted by molar-refractivity contribution is 5.77. The Labute approximate surface area is 54.7 Å². The molecule has 0 aromatic rings. The summed E-state index contributed by atoms with van der Waals surface area (Å²) < 4.78 is 0. The van der Waals surface area contributed by atoms with Gasteiger partial charge in [0.25, 0.3) is 0 Å². The monoisotopic (exact) mass is 125 g/mol. The molecule has 0 bridgehead atoms. The number of amides is 1. The van der Waals surface area contributed by atoms with Crippen molar-refractivity contribution in [3.05, 3.63) is 6.92 Å². The van der Waals surface area contributed by atoms with Crippen LogP contribution in [0.1, 0.15) is 12.8 Å². The molecule has 1 amide bonds. The molecule has 0 rings (SSSR count). The molecule has 0 atom stereocenters. The number of nitriles is 1. The third-order valence-corrected chi connectivity index (χ3v) is 0.739. The van der Waals surface area contributed by atoms with Gasteiger partial charge in [-0.05, 0) is 6.42 Å². The van der Waals surface area contributed by atoms with Crippen molar-refractivity contribution in [2.24, 2.45) is 0 Å². The summed E-state index contributed by atoms with van der Waals surface area (Å²) in [6, 6.07) is 1.74. The zero-order valence-electron chi connectivity index (χ0n) is 5.18. The van der Waals surface area contributed by atoms with Gasteiger partial charge in [0.15, 0.2) is 0 Å². The van der Waals surface area contributed by atoms with Gasteiger partial charge >= 0.3 is 0 Å². The highest BCUT2D eigenvalue weighted by Gasteiger charge is 1.94. The first kappa shape index (κ1) is 7.96. The van der Waals surface area contributed by atoms with Crippen molar-refractivity contribution in [3.8, 4) is 6.07 Å². The van der Waals surface area contributed by atoms with Crippen LogP contribution in [0.5, 0.6) is 0 Å². The molecule has 0 unspecified atom stereocenters. The average molecular weight is 125 g/mol. The van der Waals surface area contributed by atoms with Crippen molar-refractivity contribution in [1.29, 1.82) is 5.26 Å². The number of hydrogen-bond donors (Lipinski definition) is 1. The molecule has 0 saturated carbocycles. The molecule has 0 aliphatic rings. The molecule has 0 aliphatic heterocycles. The minimum absolute atomic E-state index is 0.0556. The second-order valence-corrected chi connectivity index (χ2v) is 1.54. The van der Waals surface area contributed by atoms with Gasteiger partial charge < -0.3 is 5.32 Å². The van der Waals surface area contributed by atoms with Crippen molar-refractivity contribution >= 4 is 5.91 Å². The Morgan fingerprint density at radius 3 is 2.89 bits per heavy atom. The van der Waals surface area contributed by atoms with Gasteiger partial charge in [0, 0.05) is 6.54 Å². The van der Waals surface area contributed by atoms with E-state index in [1.165, 1.54) is 0 Å². The zero-order valence-corrected chi connectivity index (χ0v) is 5.18. The quantitative estimate of drug-likeness (QED) is 0.587. The average Bonchev–Trinajstić information content (AvgIpc) is 1.85. The Morgan fingerprint density at radius 2 is 2.44 bits per heavy atom. The number of nitrogens with one attached hydrogen (secondary N) is 1. The van der Waals surface area contributed by atoms with Gasteiger partial charge in [-0.15, -0.1) is 0 Å². The van der Waals surface area contributed by atoms with Gasteiger partial charge in [-0.2, -0.15) is 5.26 Å². The van der Waals surface area contributed by atoms with Crippen molar-refractivity contribution in [3.63, 3.8) is 0 Å². The highest BCUT2D eigenvalue weighted by atomic mass is 16.1. The molecule has 0 heterocycles. The highest BCUT2D eigenvalue weighted by Crippen LogP contribution is 1.75. The number of carbonyl (C=O) groups is 1. The number of rotatable bonds is 3. The van der Waals surface area contributed by atoms with E-state index in [0.717, 1.165) is 0 Å². The van der Waals surface area contributed by atoms with Crippen LogP contribution in [0.25, 0.3) is 0 Å². The molecule has 49 valence electrons. The predicted octanol–water partition coefficient (Wildman–Crippen LogP) is 0.240. The lowest BCUT2D eigenvalue weighted by atomic mass is 10.4. The Balaban J connectivity index is 3.19. The van der Waals surface area contributed by atoms with Crippen molar-refractivity contribution < 1.29 is 4.79 Å². The van der Waals surface area contributed by atoms with Gasteiger partial charge in [0.05, 0.1) is 6.07 Å². The topological polar surface area (TPSA) is 52.9 Å². The minimum Gasteiger partial charge on any atom is -0.355 e. The van der Waals surface area contributed by atoms with Crippen molar-refractivity contribution in [2.75, 3.05) is 6.54 Å². The smallest absolute Gasteiger partial charge is 0.234 e. The Bertz CT molecular complexity index is 126. The summed E-state index contributed by atoms with van der Waals surface area (Å²) in [6.07, 6.45) is 0.608. The number of hydrogen-bond acceptors (Lipinski definition) is 2. The van der Waals surface area contributed by atoms with Gasteiger partial charge in [0.2, 0.25) is 5.91 Å². The fourth-order valence-corrected chi connectivity index (χ4v) is 0.362. The molecular weight excluding hydrogens is 116 g/mol. The Kier molecular flexibility index (Phi) is 4.51. The van der Waals surface area contributed by atoms with E-state index in [4.69, 9.17) is 5.26 Å². The fourth-order valence-electron chi connectivity index (χ4n) is 0.362. The van der Waals surface area contributed by atoms with Crippen LogP contribution in [0.3, 0.4) is 0 Å². The zero-order chi connectivity index (χ0) is 7.11. The van der Waals surface area contributed by atoms with Crippen LogP contribution in [0, 0.1) is 18.3 Å². The van der Waals surface area contributed by atoms with E-state index < -0.39 is 0 Å². The summed E-state index contributed by atoms with van der Waals surface area (Å²) in [5.41, 5.74) is 0. The molecule has 0 saturated heterocycles. The van der Waals surface area contributed by atoms with Gasteiger partial charge in [0.1, 0.15) is 6.42 Å². The second kappa shape index (κ2) is 5.10. The van der Waals surface area contributed by atoms with Crippen LogP contribution in [0.15, 0.2) is 0 Å². The molecule has 0 aromatic heterocycles. The Morgan fingerprint density at radius 1 is 1.78 bits per heavy atom. The summed E-state index contributed by atoms with van der Waals surface area (Å²) in [5.74, 6) is -0.221. The Hall–Kier alpha value is -1.04. The van der Waals surface area contributed by atoms with Crippen LogP contribution >= 0.6 is 0 Å². The van der Waals surface area contributed by atoms with Crippen molar-refractivity contribution in [2.45, 2.75) is 12.8 Å². The van der Waals surface area contributed by atoms with E-state index in [1.54, 1.807) is 6.07 Å². The van der Waals surface area contributed by atoms with E-state index in [9.17, 15) is 4.79 Å². The van der Waals surface area contributed by atoms with Gasteiger partial charge in [-0.1, -0.05) is 6.92 Å². The first-order chi connectivity index (χ1) is 4.31. The first-order valence-corrected chi connectivity index (χ1v) is 2.74. The van der Waals surface area contributed by atoms with Crippen LogP contribution in [0.2, 0.25) is 0 Å². The lowest BCUT2D eigenvalue weighted by Gasteiger charge is -1.96. The van der Waals surface area contributed by atoms with E-state index >= 15 is 0 Å². The molecule has 1 N–H and O–H groups in total. The van der Waals surface area contributed by atoms with E-state index in [0.29, 0.717) is 13.0 Å². The summed E-state index contributed by atoms with van der Waals surface area (Å²) in [4.78, 5) is 10.4. The van der Waals surface area contributed by atoms with Crippen LogP contribution in [-0.2, 0) is 4.79 Å². The number of nitrogens with zero attached hydrogens (tertiary/aromatic N) is 1. The molecule has 0 spiro atoms. The molecular formula is C6H9N2O. The maximum absolute atomic E-state index is 10.4. The molecule has 0 aliphatic carbocycles. The lowest BCUT2D eigenvalue weighted by Crippen LogP contribution is -2.22. The van der Waals surface area contributed by atoms with Crippen LogP contribution in [-0.4, -0.2) is 12.5 Å². The largest absolute Gasteiger partial charge is 0.355 e. The fraction of sp³-hybridized carbons (Fsp3) is 0.500. The van der Waals surface area contributed by atoms with Crippen molar-refractivity contribution in [1.82, 2.24) is 5.32 Å². The summed E-state index contributed by atoms with van der Waals surface area (Å²) in [5, 5.41) is 10.5. The molecule has 3 nitrogen and oxygen atoms in total. The molecule has 3 heteroatoms. The second-order valence-electron chi connectivity index (χ2n) is 1.54. The predicted molar refractivity (Wildman–Crippen MR) is 33.2 cm³/mol. The van der Waals surface area contributed by atoms with E-state index in [2.05, 4.69) is 12.2 Å². The first-order valence-electron chi connectivity index (χ1n) is 2.74. The SMILES string of the molecule is [CH2]CCNC(=O)CC#N.